The second-order valence-electron chi connectivity index (χ2n) is 5.85. The summed E-state index contributed by atoms with van der Waals surface area (Å²) in [5.41, 5.74) is -2.07. The largest absolute Gasteiger partial charge is 0.355 e. The molecule has 25 heavy (non-hydrogen) atoms. The summed E-state index contributed by atoms with van der Waals surface area (Å²) >= 11 is 0. The highest BCUT2D eigenvalue weighted by atomic mass is 16.2. The molecule has 0 saturated carbocycles. The first-order valence-electron chi connectivity index (χ1n) is 7.71. The highest BCUT2D eigenvalue weighted by Gasteiger charge is 2.25. The summed E-state index contributed by atoms with van der Waals surface area (Å²) in [7, 11) is 0. The number of benzene rings is 2. The number of hydrogen-bond acceptors (Lipinski definition) is 4. The molecule has 0 radical (unpaired) electrons. The van der Waals surface area contributed by atoms with Crippen molar-refractivity contribution in [3.63, 3.8) is 0 Å². The van der Waals surface area contributed by atoms with E-state index in [2.05, 4.69) is 9.97 Å². The Morgan fingerprint density at radius 3 is 1.76 bits per heavy atom. The van der Waals surface area contributed by atoms with Gasteiger partial charge in [0.15, 0.2) is 0 Å². The molecule has 0 unspecified atom stereocenters. The van der Waals surface area contributed by atoms with E-state index in [0.29, 0.717) is 0 Å². The number of rotatable bonds is 2. The number of aromatic amines is 2. The second-order valence-corrected chi connectivity index (χ2v) is 5.85. The molecule has 2 aromatic heterocycles. The Labute approximate surface area is 139 Å². The molecular formula is C18H13N3O4. The molecular weight excluding hydrogens is 322 g/mol. The molecule has 0 aliphatic heterocycles. The predicted molar refractivity (Wildman–Crippen MR) is 94.7 cm³/mol. The van der Waals surface area contributed by atoms with Crippen molar-refractivity contribution in [2.24, 2.45) is 0 Å². The van der Waals surface area contributed by atoms with E-state index in [9.17, 15) is 19.2 Å². The van der Waals surface area contributed by atoms with Crippen molar-refractivity contribution < 1.29 is 0 Å². The lowest BCUT2D eigenvalue weighted by Crippen LogP contribution is -2.30. The van der Waals surface area contributed by atoms with E-state index in [1.807, 2.05) is 6.07 Å². The average Bonchev–Trinajstić information content (AvgIpc) is 2.91. The lowest BCUT2D eigenvalue weighted by Gasteiger charge is -2.11. The monoisotopic (exact) mass is 335 g/mol. The van der Waals surface area contributed by atoms with Crippen LogP contribution < -0.4 is 22.0 Å². The van der Waals surface area contributed by atoms with E-state index in [1.54, 1.807) is 31.2 Å². The maximum atomic E-state index is 12.8. The molecule has 0 aliphatic carbocycles. The quantitative estimate of drug-likeness (QED) is 0.569. The normalized spacial score (nSPS) is 12.7. The summed E-state index contributed by atoms with van der Waals surface area (Å²) in [5, 5.41) is -0.720. The van der Waals surface area contributed by atoms with Crippen LogP contribution in [0.2, 0.25) is 0 Å². The predicted octanol–water partition coefficient (Wildman–Crippen LogP) is 0.939. The molecule has 1 atom stereocenters. The van der Waals surface area contributed by atoms with E-state index >= 15 is 0 Å². The first-order valence-corrected chi connectivity index (χ1v) is 7.71. The van der Waals surface area contributed by atoms with E-state index < -0.39 is 28.0 Å². The van der Waals surface area contributed by atoms with Gasteiger partial charge in [0.2, 0.25) is 10.9 Å². The number of nitrogens with one attached hydrogen (secondary N) is 2. The average molecular weight is 335 g/mol. The third kappa shape index (κ3) is 1.99. The Bertz CT molecular complexity index is 1250. The molecule has 0 aliphatic rings. The molecule has 0 saturated heterocycles. The zero-order valence-electron chi connectivity index (χ0n) is 13.2. The fraction of sp³-hybridized carbons (Fsp3) is 0.111. The number of aromatic nitrogens is 3. The first kappa shape index (κ1) is 15.1. The number of hydrogen-bond donors (Lipinski definition) is 2. The third-order valence-electron chi connectivity index (χ3n) is 4.48. The van der Waals surface area contributed by atoms with Gasteiger partial charge in [0.25, 0.3) is 11.1 Å². The summed E-state index contributed by atoms with van der Waals surface area (Å²) in [5.74, 6) is 0. The van der Waals surface area contributed by atoms with Crippen LogP contribution in [0.25, 0.3) is 21.8 Å². The minimum Gasteiger partial charge on any atom is -0.355 e. The minimum absolute atomic E-state index is 0.0124. The molecule has 124 valence electrons. The zero-order valence-corrected chi connectivity index (χ0v) is 13.2. The minimum atomic E-state index is -0.738. The molecule has 4 rings (SSSR count). The van der Waals surface area contributed by atoms with Gasteiger partial charge in [-0.3, -0.25) is 23.7 Å². The number of H-pyrrole nitrogens is 2. The fourth-order valence-corrected chi connectivity index (χ4v) is 3.20. The Morgan fingerprint density at radius 2 is 1.28 bits per heavy atom. The number of nitrogens with zero attached hydrogens (tertiary/aromatic N) is 1. The van der Waals surface area contributed by atoms with Gasteiger partial charge in [0.1, 0.15) is 21.8 Å². The summed E-state index contributed by atoms with van der Waals surface area (Å²) in [6.07, 6.45) is 2.89. The van der Waals surface area contributed by atoms with Crippen molar-refractivity contribution in [2.45, 2.75) is 13.0 Å². The summed E-state index contributed by atoms with van der Waals surface area (Å²) in [4.78, 5) is 56.2. The van der Waals surface area contributed by atoms with E-state index in [0.717, 1.165) is 10.1 Å². The summed E-state index contributed by atoms with van der Waals surface area (Å²) in [6, 6.07) is 8.37. The van der Waals surface area contributed by atoms with Crippen molar-refractivity contribution in [3.05, 3.63) is 89.4 Å². The van der Waals surface area contributed by atoms with Crippen LogP contribution in [-0.2, 0) is 0 Å². The maximum Gasteiger partial charge on any atom is 0.266 e. The van der Waals surface area contributed by atoms with Gasteiger partial charge >= 0.3 is 0 Å². The van der Waals surface area contributed by atoms with Gasteiger partial charge in [0, 0.05) is 12.4 Å². The molecule has 0 spiro atoms. The highest BCUT2D eigenvalue weighted by Crippen LogP contribution is 2.15. The van der Waals surface area contributed by atoms with Gasteiger partial charge in [-0.1, -0.05) is 30.3 Å². The molecule has 7 heteroatoms. The van der Waals surface area contributed by atoms with Gasteiger partial charge in [-0.25, -0.2) is 0 Å². The van der Waals surface area contributed by atoms with Gasteiger partial charge in [-0.05, 0) is 12.5 Å². The lowest BCUT2D eigenvalue weighted by molar-refractivity contribution is 0.610. The standard InChI is InChI=1S/C18H13N3O4/c1-9(10-5-3-2-4-6-10)21-17(24)11-12(18(21)25)16(23)14-13(15(11)22)19-7-8-20-14/h2-9,19-20H,1H3/t9-/m1/s1. The van der Waals surface area contributed by atoms with E-state index in [1.165, 1.54) is 12.4 Å². The summed E-state index contributed by atoms with van der Waals surface area (Å²) < 4.78 is 0.974. The molecule has 7 nitrogen and oxygen atoms in total. The van der Waals surface area contributed by atoms with Crippen LogP contribution in [0.5, 0.6) is 0 Å². The Balaban J connectivity index is 2.18. The van der Waals surface area contributed by atoms with E-state index in [4.69, 9.17) is 0 Å². The highest BCUT2D eigenvalue weighted by molar-refractivity contribution is 5.94. The first-order chi connectivity index (χ1) is 12.0. The van der Waals surface area contributed by atoms with Crippen LogP contribution in [0.4, 0.5) is 0 Å². The van der Waals surface area contributed by atoms with Crippen molar-refractivity contribution in [1.82, 2.24) is 14.5 Å². The fourth-order valence-electron chi connectivity index (χ4n) is 3.20. The molecule has 0 fully saturated rings. The molecule has 0 bridgehead atoms. The van der Waals surface area contributed by atoms with Crippen LogP contribution in [0.1, 0.15) is 18.5 Å². The second kappa shape index (κ2) is 5.27. The molecule has 2 aromatic carbocycles. The van der Waals surface area contributed by atoms with Crippen molar-refractivity contribution in [1.29, 1.82) is 0 Å². The van der Waals surface area contributed by atoms with Crippen molar-refractivity contribution in [2.75, 3.05) is 0 Å². The van der Waals surface area contributed by atoms with Crippen LogP contribution in [0.3, 0.4) is 0 Å². The van der Waals surface area contributed by atoms with Crippen molar-refractivity contribution in [3.8, 4) is 0 Å². The Hall–Kier alpha value is -3.48. The smallest absolute Gasteiger partial charge is 0.266 e. The van der Waals surface area contributed by atoms with Crippen LogP contribution in [0.15, 0.2) is 61.9 Å². The van der Waals surface area contributed by atoms with Gasteiger partial charge < -0.3 is 9.97 Å². The topological polar surface area (TPSA) is 105 Å². The van der Waals surface area contributed by atoms with Crippen LogP contribution >= 0.6 is 0 Å². The SMILES string of the molecule is C[C@H](c1ccccc1)n1c(=O)c2c(=O)c3[nH]cc[nH]c3c(=O)c2c1=O. The molecule has 4 aromatic rings. The Morgan fingerprint density at radius 1 is 0.800 bits per heavy atom. The third-order valence-corrected chi connectivity index (χ3v) is 4.48. The molecule has 2 heterocycles. The van der Waals surface area contributed by atoms with Gasteiger partial charge in [-0.15, -0.1) is 0 Å². The Kier molecular flexibility index (Phi) is 3.18. The maximum absolute atomic E-state index is 12.8. The van der Waals surface area contributed by atoms with Crippen molar-refractivity contribution >= 4 is 21.8 Å². The van der Waals surface area contributed by atoms with Gasteiger partial charge in [-0.2, -0.15) is 0 Å². The summed E-state index contributed by atoms with van der Waals surface area (Å²) in [6.45, 7) is 1.68. The van der Waals surface area contributed by atoms with Gasteiger partial charge in [0.05, 0.1) is 6.04 Å². The molecule has 0 amide bonds. The lowest BCUT2D eigenvalue weighted by atomic mass is 10.1. The van der Waals surface area contributed by atoms with Crippen LogP contribution in [-0.4, -0.2) is 14.5 Å². The van der Waals surface area contributed by atoms with Crippen LogP contribution in [0, 0.1) is 0 Å². The molecule has 2 N–H and O–H groups in total. The number of fused-ring (bicyclic) bond motifs is 2. The van der Waals surface area contributed by atoms with E-state index in [-0.39, 0.29) is 21.8 Å². The zero-order chi connectivity index (χ0) is 17.7.